The number of nitrogens with one attached hydrogen (secondary N) is 2. The van der Waals surface area contributed by atoms with Crippen LogP contribution in [0.25, 0.3) is 0 Å². The molecule has 1 rings (SSSR count). The van der Waals surface area contributed by atoms with Crippen molar-refractivity contribution in [1.29, 1.82) is 0 Å². The van der Waals surface area contributed by atoms with Gasteiger partial charge in [-0.15, -0.1) is 0 Å². The van der Waals surface area contributed by atoms with Gasteiger partial charge in [0, 0.05) is 18.8 Å². The van der Waals surface area contributed by atoms with Crippen LogP contribution in [-0.4, -0.2) is 44.4 Å². The smallest absolute Gasteiger partial charge is 0.240 e. The molecule has 0 bridgehead atoms. The minimum atomic E-state index is -3.45. The molecule has 1 atom stereocenters. The average Bonchev–Trinajstić information content (AvgIpc) is 2.45. The number of benzene rings is 1. The number of aliphatic hydroxyl groups is 2. The zero-order valence-electron chi connectivity index (χ0n) is 11.5. The van der Waals surface area contributed by atoms with Crippen LogP contribution in [0.4, 0.5) is 5.69 Å². The molecule has 0 aliphatic carbocycles. The molecule has 0 aliphatic heterocycles. The number of rotatable bonds is 9. The van der Waals surface area contributed by atoms with Gasteiger partial charge in [-0.25, -0.2) is 13.1 Å². The summed E-state index contributed by atoms with van der Waals surface area (Å²) in [6.45, 7) is 2.31. The maximum atomic E-state index is 11.9. The maximum Gasteiger partial charge on any atom is 0.240 e. The highest BCUT2D eigenvalue weighted by Gasteiger charge is 2.12. The highest BCUT2D eigenvalue weighted by atomic mass is 32.2. The zero-order chi connectivity index (χ0) is 15.0. The Kier molecular flexibility index (Phi) is 6.94. The second-order valence-electron chi connectivity index (χ2n) is 4.49. The summed E-state index contributed by atoms with van der Waals surface area (Å²) in [5, 5.41) is 20.8. The summed E-state index contributed by atoms with van der Waals surface area (Å²) in [4.78, 5) is 0.210. The molecule has 1 aromatic carbocycles. The van der Waals surface area contributed by atoms with Gasteiger partial charge >= 0.3 is 0 Å². The van der Waals surface area contributed by atoms with Crippen molar-refractivity contribution in [2.45, 2.75) is 30.8 Å². The number of aliphatic hydroxyl groups excluding tert-OH is 2. The average molecular weight is 302 g/mol. The van der Waals surface area contributed by atoms with Gasteiger partial charge in [0.25, 0.3) is 0 Å². The Morgan fingerprint density at radius 2 is 1.90 bits per heavy atom. The molecule has 0 saturated carbocycles. The fraction of sp³-hybridized carbons (Fsp3) is 0.538. The minimum absolute atomic E-state index is 0.206. The molecule has 1 aromatic rings. The standard InChI is InChI=1S/C13H22N2O4S/c1-2-3-8-15-20(18,19)13-6-4-11(5-7-13)14-9-12(17)10-16/h4-7,12,14-17H,2-3,8-10H2,1H3. The largest absolute Gasteiger partial charge is 0.394 e. The first-order chi connectivity index (χ1) is 9.49. The molecule has 0 amide bonds. The molecular formula is C13H22N2O4S. The first-order valence-corrected chi connectivity index (χ1v) is 8.10. The van der Waals surface area contributed by atoms with Gasteiger partial charge in [-0.2, -0.15) is 0 Å². The maximum absolute atomic E-state index is 11.9. The number of hydrogen-bond acceptors (Lipinski definition) is 5. The van der Waals surface area contributed by atoms with Crippen LogP contribution in [0.3, 0.4) is 0 Å². The van der Waals surface area contributed by atoms with E-state index in [0.717, 1.165) is 12.8 Å². The van der Waals surface area contributed by atoms with Crippen LogP contribution in [0.5, 0.6) is 0 Å². The molecule has 0 fully saturated rings. The van der Waals surface area contributed by atoms with Gasteiger partial charge in [-0.3, -0.25) is 0 Å². The second-order valence-corrected chi connectivity index (χ2v) is 6.26. The SMILES string of the molecule is CCCCNS(=O)(=O)c1ccc(NCC(O)CO)cc1. The van der Waals surface area contributed by atoms with Gasteiger partial charge in [0.2, 0.25) is 10.0 Å². The molecule has 0 spiro atoms. The van der Waals surface area contributed by atoms with Crippen molar-refractivity contribution >= 4 is 15.7 Å². The zero-order valence-corrected chi connectivity index (χ0v) is 12.4. The van der Waals surface area contributed by atoms with Gasteiger partial charge in [0.05, 0.1) is 17.6 Å². The third kappa shape index (κ3) is 5.46. The third-order valence-corrected chi connectivity index (χ3v) is 4.22. The van der Waals surface area contributed by atoms with Gasteiger partial charge in [-0.05, 0) is 30.7 Å². The molecule has 0 heterocycles. The van der Waals surface area contributed by atoms with Crippen LogP contribution in [0.15, 0.2) is 29.2 Å². The molecule has 114 valence electrons. The van der Waals surface area contributed by atoms with Crippen molar-refractivity contribution in [1.82, 2.24) is 4.72 Å². The lowest BCUT2D eigenvalue weighted by atomic mass is 10.3. The summed E-state index contributed by atoms with van der Waals surface area (Å²) < 4.78 is 26.4. The summed E-state index contributed by atoms with van der Waals surface area (Å²) in [7, 11) is -3.45. The number of unbranched alkanes of at least 4 members (excludes halogenated alkanes) is 1. The van der Waals surface area contributed by atoms with Crippen molar-refractivity contribution in [3.05, 3.63) is 24.3 Å². The van der Waals surface area contributed by atoms with Gasteiger partial charge in [0.15, 0.2) is 0 Å². The Labute approximate surface area is 119 Å². The summed E-state index contributed by atoms with van der Waals surface area (Å²) in [5.74, 6) is 0. The van der Waals surface area contributed by atoms with Gasteiger partial charge < -0.3 is 15.5 Å². The predicted octanol–water partition coefficient (Wildman–Crippen LogP) is 0.530. The summed E-state index contributed by atoms with van der Waals surface area (Å²) in [6, 6.07) is 6.25. The number of anilines is 1. The van der Waals surface area contributed by atoms with E-state index >= 15 is 0 Å². The Morgan fingerprint density at radius 1 is 1.25 bits per heavy atom. The van der Waals surface area contributed by atoms with Gasteiger partial charge in [0.1, 0.15) is 0 Å². The Morgan fingerprint density at radius 3 is 2.45 bits per heavy atom. The van der Waals surface area contributed by atoms with Crippen LogP contribution in [0.2, 0.25) is 0 Å². The molecule has 0 aliphatic rings. The van der Waals surface area contributed by atoms with E-state index in [9.17, 15) is 13.5 Å². The van der Waals surface area contributed by atoms with Crippen molar-refractivity contribution in [2.75, 3.05) is 25.0 Å². The summed E-state index contributed by atoms with van der Waals surface area (Å²) in [6.07, 6.45) is 0.894. The highest BCUT2D eigenvalue weighted by molar-refractivity contribution is 7.89. The second kappa shape index (κ2) is 8.21. The van der Waals surface area contributed by atoms with E-state index in [2.05, 4.69) is 10.0 Å². The topological polar surface area (TPSA) is 98.7 Å². The highest BCUT2D eigenvalue weighted by Crippen LogP contribution is 2.14. The Hall–Kier alpha value is -1.15. The molecular weight excluding hydrogens is 280 g/mol. The van der Waals surface area contributed by atoms with E-state index in [1.165, 1.54) is 12.1 Å². The molecule has 0 aromatic heterocycles. The minimum Gasteiger partial charge on any atom is -0.394 e. The van der Waals surface area contributed by atoms with E-state index in [1.807, 2.05) is 6.92 Å². The van der Waals surface area contributed by atoms with Crippen LogP contribution < -0.4 is 10.0 Å². The van der Waals surface area contributed by atoms with E-state index in [4.69, 9.17) is 5.11 Å². The fourth-order valence-electron chi connectivity index (χ4n) is 1.52. The number of sulfonamides is 1. The predicted molar refractivity (Wildman–Crippen MR) is 78.1 cm³/mol. The quantitative estimate of drug-likeness (QED) is 0.499. The number of hydrogen-bond donors (Lipinski definition) is 4. The van der Waals surface area contributed by atoms with Gasteiger partial charge in [-0.1, -0.05) is 13.3 Å². The van der Waals surface area contributed by atoms with Crippen LogP contribution >= 0.6 is 0 Å². The first-order valence-electron chi connectivity index (χ1n) is 6.62. The lowest BCUT2D eigenvalue weighted by Gasteiger charge is -2.11. The fourth-order valence-corrected chi connectivity index (χ4v) is 2.59. The molecule has 1 unspecified atom stereocenters. The van der Waals surface area contributed by atoms with Crippen molar-refractivity contribution in [2.24, 2.45) is 0 Å². The molecule has 7 heteroatoms. The normalized spacial score (nSPS) is 13.2. The van der Waals surface area contributed by atoms with E-state index in [-0.39, 0.29) is 18.0 Å². The lowest BCUT2D eigenvalue weighted by Crippen LogP contribution is -2.25. The van der Waals surface area contributed by atoms with Crippen LogP contribution in [0, 0.1) is 0 Å². The Balaban J connectivity index is 2.61. The summed E-state index contributed by atoms with van der Waals surface area (Å²) in [5.41, 5.74) is 0.685. The first kappa shape index (κ1) is 16.9. The van der Waals surface area contributed by atoms with Crippen molar-refractivity contribution in [3.8, 4) is 0 Å². The monoisotopic (exact) mass is 302 g/mol. The molecule has 20 heavy (non-hydrogen) atoms. The van der Waals surface area contributed by atoms with Crippen molar-refractivity contribution in [3.63, 3.8) is 0 Å². The molecule has 4 N–H and O–H groups in total. The van der Waals surface area contributed by atoms with E-state index in [1.54, 1.807) is 12.1 Å². The molecule has 6 nitrogen and oxygen atoms in total. The summed E-state index contributed by atoms with van der Waals surface area (Å²) >= 11 is 0. The Bertz CT molecular complexity index is 488. The van der Waals surface area contributed by atoms with Crippen molar-refractivity contribution < 1.29 is 18.6 Å². The molecule has 0 radical (unpaired) electrons. The molecule has 0 saturated heterocycles. The van der Waals surface area contributed by atoms with E-state index < -0.39 is 16.1 Å². The van der Waals surface area contributed by atoms with Crippen LogP contribution in [-0.2, 0) is 10.0 Å². The lowest BCUT2D eigenvalue weighted by molar-refractivity contribution is 0.105. The van der Waals surface area contributed by atoms with Crippen LogP contribution in [0.1, 0.15) is 19.8 Å². The third-order valence-electron chi connectivity index (χ3n) is 2.74. The van der Waals surface area contributed by atoms with E-state index in [0.29, 0.717) is 12.2 Å².